The van der Waals surface area contributed by atoms with Crippen LogP contribution < -0.4 is 10.1 Å². The minimum Gasteiger partial charge on any atom is -0.477 e. The molecule has 0 aliphatic heterocycles. The van der Waals surface area contributed by atoms with Crippen LogP contribution in [0.15, 0.2) is 12.1 Å². The van der Waals surface area contributed by atoms with E-state index < -0.39 is 29.2 Å². The zero-order valence-corrected chi connectivity index (χ0v) is 10.9. The molecule has 0 spiro atoms. The van der Waals surface area contributed by atoms with Crippen molar-refractivity contribution in [2.45, 2.75) is 6.92 Å². The van der Waals surface area contributed by atoms with Crippen molar-refractivity contribution in [3.8, 4) is 5.75 Å². The fraction of sp³-hybridized carbons (Fsp3) is 0.333. The van der Waals surface area contributed by atoms with Crippen LogP contribution in [0.5, 0.6) is 5.75 Å². The second kappa shape index (κ2) is 7.29. The lowest BCUT2D eigenvalue weighted by Crippen LogP contribution is -2.17. The van der Waals surface area contributed by atoms with E-state index >= 15 is 0 Å². The number of hydrogen-bond acceptors (Lipinski definition) is 5. The molecule has 0 saturated carbocycles. The van der Waals surface area contributed by atoms with Gasteiger partial charge in [-0.1, -0.05) is 0 Å². The molecule has 2 N–H and O–H groups in total. The van der Waals surface area contributed by atoms with Crippen LogP contribution >= 0.6 is 0 Å². The van der Waals surface area contributed by atoms with Crippen molar-refractivity contribution < 1.29 is 33.3 Å². The first kappa shape index (κ1) is 15.7. The molecule has 0 fully saturated rings. The molecule has 0 atom stereocenters. The third kappa shape index (κ3) is 3.82. The molecule has 0 unspecified atom stereocenters. The number of nitrogens with one attached hydrogen (secondary N) is 1. The molecule has 0 radical (unpaired) electrons. The lowest BCUT2D eigenvalue weighted by molar-refractivity contribution is 0.0457. The van der Waals surface area contributed by atoms with E-state index in [2.05, 4.69) is 14.8 Å². The molecule has 0 aliphatic rings. The summed E-state index contributed by atoms with van der Waals surface area (Å²) >= 11 is 0. The van der Waals surface area contributed by atoms with Crippen LogP contribution in [-0.4, -0.2) is 37.7 Å². The van der Waals surface area contributed by atoms with E-state index in [1.54, 1.807) is 6.92 Å². The Morgan fingerprint density at radius 3 is 2.65 bits per heavy atom. The molecule has 1 aromatic carbocycles. The van der Waals surface area contributed by atoms with Crippen molar-refractivity contribution in [2.75, 3.05) is 25.8 Å². The highest BCUT2D eigenvalue weighted by molar-refractivity contribution is 6.01. The Hall–Kier alpha value is -2.35. The van der Waals surface area contributed by atoms with Crippen molar-refractivity contribution in [1.29, 1.82) is 0 Å². The first-order valence-electron chi connectivity index (χ1n) is 5.62. The van der Waals surface area contributed by atoms with E-state index in [-0.39, 0.29) is 19.1 Å². The molecule has 0 bridgehead atoms. The molecule has 1 aromatic rings. The summed E-state index contributed by atoms with van der Waals surface area (Å²) in [5, 5.41) is 11.3. The SMILES string of the molecule is CCOC(=O)Nc1ccc(F)c(OCOC)c1C(=O)O. The van der Waals surface area contributed by atoms with Gasteiger partial charge in [-0.25, -0.2) is 14.0 Å². The molecule has 1 rings (SSSR count). The van der Waals surface area contributed by atoms with Crippen LogP contribution in [0, 0.1) is 5.82 Å². The maximum atomic E-state index is 13.6. The van der Waals surface area contributed by atoms with Gasteiger partial charge < -0.3 is 19.3 Å². The van der Waals surface area contributed by atoms with Crippen molar-refractivity contribution >= 4 is 17.7 Å². The lowest BCUT2D eigenvalue weighted by Gasteiger charge is -2.13. The third-order valence-corrected chi connectivity index (χ3v) is 2.16. The quantitative estimate of drug-likeness (QED) is 0.778. The summed E-state index contributed by atoms with van der Waals surface area (Å²) in [7, 11) is 1.30. The number of anilines is 1. The summed E-state index contributed by atoms with van der Waals surface area (Å²) in [4.78, 5) is 22.5. The van der Waals surface area contributed by atoms with E-state index in [4.69, 9.17) is 9.84 Å². The molecule has 7 nitrogen and oxygen atoms in total. The molecule has 0 heterocycles. The number of hydrogen-bond donors (Lipinski definition) is 2. The standard InChI is InChI=1S/C12H14FNO6/c1-3-19-12(17)14-8-5-4-7(13)10(20-6-18-2)9(8)11(15)16/h4-5H,3,6H2,1-2H3,(H,14,17)(H,15,16). The molecule has 0 aliphatic carbocycles. The Morgan fingerprint density at radius 2 is 2.10 bits per heavy atom. The van der Waals surface area contributed by atoms with Gasteiger partial charge in [-0.15, -0.1) is 0 Å². The van der Waals surface area contributed by atoms with Gasteiger partial charge in [-0.3, -0.25) is 5.32 Å². The minimum atomic E-state index is -1.46. The number of ether oxygens (including phenoxy) is 3. The van der Waals surface area contributed by atoms with E-state index in [9.17, 15) is 14.0 Å². The van der Waals surface area contributed by atoms with Crippen LogP contribution in [0.2, 0.25) is 0 Å². The van der Waals surface area contributed by atoms with Crippen molar-refractivity contribution in [3.05, 3.63) is 23.5 Å². The summed E-state index contributed by atoms with van der Waals surface area (Å²) in [5.41, 5.74) is -0.654. The molecule has 0 aromatic heterocycles. The number of carbonyl (C=O) groups excluding carboxylic acids is 1. The minimum absolute atomic E-state index is 0.114. The second-order valence-electron chi connectivity index (χ2n) is 3.50. The third-order valence-electron chi connectivity index (χ3n) is 2.16. The number of halogens is 1. The van der Waals surface area contributed by atoms with Gasteiger partial charge in [0.05, 0.1) is 12.3 Å². The van der Waals surface area contributed by atoms with Crippen molar-refractivity contribution in [2.24, 2.45) is 0 Å². The molecule has 8 heteroatoms. The van der Waals surface area contributed by atoms with Gasteiger partial charge in [-0.2, -0.15) is 0 Å². The van der Waals surface area contributed by atoms with Gasteiger partial charge in [-0.05, 0) is 19.1 Å². The average Bonchev–Trinajstić information content (AvgIpc) is 2.38. The summed E-state index contributed by atoms with van der Waals surface area (Å²) < 4.78 is 27.7. The highest BCUT2D eigenvalue weighted by Gasteiger charge is 2.22. The van der Waals surface area contributed by atoms with E-state index in [1.165, 1.54) is 7.11 Å². The fourth-order valence-electron chi connectivity index (χ4n) is 1.41. The average molecular weight is 287 g/mol. The van der Waals surface area contributed by atoms with Crippen LogP contribution in [0.4, 0.5) is 14.9 Å². The number of carboxylic acids is 1. The predicted octanol–water partition coefficient (Wildman–Crippen LogP) is 2.07. The van der Waals surface area contributed by atoms with Gasteiger partial charge in [0.1, 0.15) is 5.56 Å². The molecule has 1 amide bonds. The zero-order chi connectivity index (χ0) is 15.1. The highest BCUT2D eigenvalue weighted by atomic mass is 19.1. The number of benzene rings is 1. The maximum Gasteiger partial charge on any atom is 0.411 e. The number of carboxylic acid groups (broad SMARTS) is 1. The van der Waals surface area contributed by atoms with Gasteiger partial charge in [0.15, 0.2) is 18.4 Å². The lowest BCUT2D eigenvalue weighted by atomic mass is 10.1. The van der Waals surface area contributed by atoms with E-state index in [0.717, 1.165) is 12.1 Å². The molecular weight excluding hydrogens is 273 g/mol. The zero-order valence-electron chi connectivity index (χ0n) is 10.9. The summed E-state index contributed by atoms with van der Waals surface area (Å²) in [6.07, 6.45) is -0.848. The number of carbonyl (C=O) groups is 2. The molecular formula is C12H14FNO6. The molecule has 0 saturated heterocycles. The number of amides is 1. The van der Waals surface area contributed by atoms with Gasteiger partial charge in [0, 0.05) is 7.11 Å². The Labute approximate surface area is 114 Å². The second-order valence-corrected chi connectivity index (χ2v) is 3.50. The highest BCUT2D eigenvalue weighted by Crippen LogP contribution is 2.30. The molecule has 20 heavy (non-hydrogen) atoms. The van der Waals surface area contributed by atoms with E-state index in [0.29, 0.717) is 0 Å². The smallest absolute Gasteiger partial charge is 0.411 e. The predicted molar refractivity (Wildman–Crippen MR) is 66.5 cm³/mol. The van der Waals surface area contributed by atoms with Crippen LogP contribution in [0.25, 0.3) is 0 Å². The van der Waals surface area contributed by atoms with Crippen molar-refractivity contribution in [1.82, 2.24) is 0 Å². The number of rotatable bonds is 6. The molecule has 110 valence electrons. The van der Waals surface area contributed by atoms with Gasteiger partial charge in [0.25, 0.3) is 0 Å². The topological polar surface area (TPSA) is 94.1 Å². The Morgan fingerprint density at radius 1 is 1.40 bits per heavy atom. The van der Waals surface area contributed by atoms with Crippen molar-refractivity contribution in [3.63, 3.8) is 0 Å². The number of methoxy groups -OCH3 is 1. The first-order valence-corrected chi connectivity index (χ1v) is 5.62. The fourth-order valence-corrected chi connectivity index (χ4v) is 1.41. The first-order chi connectivity index (χ1) is 9.51. The summed E-state index contributed by atoms with van der Waals surface area (Å²) in [5.74, 6) is -2.86. The Balaban J connectivity index is 3.16. The largest absolute Gasteiger partial charge is 0.477 e. The maximum absolute atomic E-state index is 13.6. The van der Waals surface area contributed by atoms with Gasteiger partial charge >= 0.3 is 12.1 Å². The number of aromatic carboxylic acids is 1. The normalized spacial score (nSPS) is 9.95. The van der Waals surface area contributed by atoms with Crippen LogP contribution in [-0.2, 0) is 9.47 Å². The summed E-state index contributed by atoms with van der Waals surface area (Å²) in [6.45, 7) is 1.37. The summed E-state index contributed by atoms with van der Waals surface area (Å²) in [6, 6.07) is 2.08. The van der Waals surface area contributed by atoms with Gasteiger partial charge in [0.2, 0.25) is 0 Å². The monoisotopic (exact) mass is 287 g/mol. The van der Waals surface area contributed by atoms with Crippen LogP contribution in [0.1, 0.15) is 17.3 Å². The van der Waals surface area contributed by atoms with Crippen LogP contribution in [0.3, 0.4) is 0 Å². The van der Waals surface area contributed by atoms with E-state index in [1.807, 2.05) is 0 Å². The Kier molecular flexibility index (Phi) is 5.73. The Bertz CT molecular complexity index is 505.